The molecule has 0 aliphatic carbocycles. The molecule has 3 aromatic rings. The summed E-state index contributed by atoms with van der Waals surface area (Å²) in [5.74, 6) is -0.658. The summed E-state index contributed by atoms with van der Waals surface area (Å²) < 4.78 is 0. The lowest BCUT2D eigenvalue weighted by molar-refractivity contribution is -0.120. The maximum atomic E-state index is 13.6. The molecule has 1 aliphatic heterocycles. The molecule has 2 amide bonds. The quantitative estimate of drug-likeness (QED) is 0.568. The van der Waals surface area contributed by atoms with Gasteiger partial charge in [-0.05, 0) is 92.3 Å². The van der Waals surface area contributed by atoms with E-state index in [1.54, 1.807) is 0 Å². The summed E-state index contributed by atoms with van der Waals surface area (Å²) in [5.41, 5.74) is 8.23. The fraction of sp³-hybridized carbons (Fsp3) is 0.185. The molecule has 0 atom stereocenters. The van der Waals surface area contributed by atoms with Crippen molar-refractivity contribution in [3.05, 3.63) is 99.7 Å². The van der Waals surface area contributed by atoms with Crippen molar-refractivity contribution in [2.75, 3.05) is 10.2 Å². The van der Waals surface area contributed by atoms with Crippen LogP contribution >= 0.6 is 0 Å². The Kier molecular flexibility index (Phi) is 5.24. The molecule has 0 spiro atoms. The fourth-order valence-corrected chi connectivity index (χ4v) is 3.78. The van der Waals surface area contributed by atoms with Crippen LogP contribution in [0.2, 0.25) is 0 Å². The second-order valence-corrected chi connectivity index (χ2v) is 8.26. The summed E-state index contributed by atoms with van der Waals surface area (Å²) in [6, 6.07) is 19.3. The Morgan fingerprint density at radius 1 is 0.677 bits per heavy atom. The third kappa shape index (κ3) is 3.77. The highest BCUT2D eigenvalue weighted by molar-refractivity contribution is 6.46. The number of hydrogen-bond donors (Lipinski definition) is 1. The number of benzene rings is 3. The van der Waals surface area contributed by atoms with E-state index in [4.69, 9.17) is 0 Å². The van der Waals surface area contributed by atoms with Gasteiger partial charge in [0.15, 0.2) is 0 Å². The molecular formula is C27H26N2O2. The van der Waals surface area contributed by atoms with Crippen LogP contribution in [0, 0.1) is 34.6 Å². The molecule has 0 fully saturated rings. The van der Waals surface area contributed by atoms with Crippen molar-refractivity contribution in [3.8, 4) is 0 Å². The van der Waals surface area contributed by atoms with Gasteiger partial charge in [0.25, 0.3) is 11.8 Å². The second kappa shape index (κ2) is 7.88. The minimum absolute atomic E-state index is 0.303. The molecule has 0 bridgehead atoms. The topological polar surface area (TPSA) is 49.4 Å². The largest absolute Gasteiger partial charge is 0.350 e. The number of amides is 2. The van der Waals surface area contributed by atoms with E-state index in [0.717, 1.165) is 39.1 Å². The first kappa shape index (κ1) is 20.6. The monoisotopic (exact) mass is 410 g/mol. The van der Waals surface area contributed by atoms with Gasteiger partial charge in [-0.3, -0.25) is 9.59 Å². The lowest BCUT2D eigenvalue weighted by atomic mass is 9.99. The van der Waals surface area contributed by atoms with E-state index in [2.05, 4.69) is 5.32 Å². The lowest BCUT2D eigenvalue weighted by Gasteiger charge is -2.17. The van der Waals surface area contributed by atoms with E-state index in [1.807, 2.05) is 95.3 Å². The van der Waals surface area contributed by atoms with Crippen molar-refractivity contribution in [2.45, 2.75) is 34.6 Å². The van der Waals surface area contributed by atoms with Crippen LogP contribution in [0.3, 0.4) is 0 Å². The molecule has 4 heteroatoms. The van der Waals surface area contributed by atoms with Crippen molar-refractivity contribution in [1.82, 2.24) is 0 Å². The number of anilines is 2. The van der Waals surface area contributed by atoms with Gasteiger partial charge in [-0.15, -0.1) is 0 Å². The van der Waals surface area contributed by atoms with Crippen molar-refractivity contribution in [3.63, 3.8) is 0 Å². The van der Waals surface area contributed by atoms with Crippen LogP contribution in [0.15, 0.2) is 66.4 Å². The zero-order valence-electron chi connectivity index (χ0n) is 18.5. The molecule has 0 radical (unpaired) electrons. The Balaban J connectivity index is 1.85. The Hall–Kier alpha value is -3.66. The minimum Gasteiger partial charge on any atom is -0.350 e. The van der Waals surface area contributed by atoms with E-state index in [9.17, 15) is 9.59 Å². The standard InChI is InChI=1S/C27H26N2O2/c1-16-7-6-8-22(13-16)28-25-24(21-11-9-17(2)19(4)14-21)26(30)29(27(25)31)23-12-10-18(3)20(5)15-23/h6-15,28H,1-5H3. The van der Waals surface area contributed by atoms with E-state index < -0.39 is 0 Å². The average Bonchev–Trinajstić information content (AvgIpc) is 2.96. The summed E-state index contributed by atoms with van der Waals surface area (Å²) in [7, 11) is 0. The molecule has 1 N–H and O–H groups in total. The smallest absolute Gasteiger partial charge is 0.282 e. The summed E-state index contributed by atoms with van der Waals surface area (Å²) in [4.78, 5) is 28.4. The van der Waals surface area contributed by atoms with Crippen LogP contribution in [0.1, 0.15) is 33.4 Å². The highest BCUT2D eigenvalue weighted by Gasteiger charge is 2.40. The molecule has 0 aromatic heterocycles. The SMILES string of the molecule is Cc1cccc(NC2=C(c3ccc(C)c(C)c3)C(=O)N(c3ccc(C)c(C)c3)C2=O)c1. The van der Waals surface area contributed by atoms with Crippen molar-refractivity contribution in [2.24, 2.45) is 0 Å². The zero-order chi connectivity index (χ0) is 22.3. The molecule has 3 aromatic carbocycles. The molecule has 1 aliphatic rings. The van der Waals surface area contributed by atoms with Gasteiger partial charge < -0.3 is 5.32 Å². The molecule has 0 saturated heterocycles. The molecule has 4 nitrogen and oxygen atoms in total. The van der Waals surface area contributed by atoms with Gasteiger partial charge in [0, 0.05) is 5.69 Å². The first-order valence-electron chi connectivity index (χ1n) is 10.4. The van der Waals surface area contributed by atoms with Crippen LogP contribution in [0.25, 0.3) is 5.57 Å². The summed E-state index contributed by atoms with van der Waals surface area (Å²) in [5, 5.41) is 3.24. The molecular weight excluding hydrogens is 384 g/mol. The summed E-state index contributed by atoms with van der Waals surface area (Å²) >= 11 is 0. The number of nitrogens with zero attached hydrogens (tertiary/aromatic N) is 1. The maximum absolute atomic E-state index is 13.6. The van der Waals surface area contributed by atoms with E-state index in [-0.39, 0.29) is 11.8 Å². The van der Waals surface area contributed by atoms with Crippen LogP contribution in [-0.4, -0.2) is 11.8 Å². The third-order valence-electron chi connectivity index (χ3n) is 5.92. The molecule has 31 heavy (non-hydrogen) atoms. The highest BCUT2D eigenvalue weighted by atomic mass is 16.2. The lowest BCUT2D eigenvalue weighted by Crippen LogP contribution is -2.32. The number of aryl methyl sites for hydroxylation is 5. The molecule has 156 valence electrons. The number of hydrogen-bond acceptors (Lipinski definition) is 3. The molecule has 4 rings (SSSR count). The van der Waals surface area contributed by atoms with E-state index in [1.165, 1.54) is 4.90 Å². The normalized spacial score (nSPS) is 13.9. The van der Waals surface area contributed by atoms with E-state index >= 15 is 0 Å². The number of rotatable bonds is 4. The number of imide groups is 1. The maximum Gasteiger partial charge on any atom is 0.282 e. The highest BCUT2D eigenvalue weighted by Crippen LogP contribution is 2.35. The molecule has 0 unspecified atom stereocenters. The van der Waals surface area contributed by atoms with Gasteiger partial charge in [-0.2, -0.15) is 0 Å². The van der Waals surface area contributed by atoms with Gasteiger partial charge in [-0.25, -0.2) is 4.90 Å². The van der Waals surface area contributed by atoms with Crippen LogP contribution in [0.5, 0.6) is 0 Å². The van der Waals surface area contributed by atoms with Crippen LogP contribution in [0.4, 0.5) is 11.4 Å². The second-order valence-electron chi connectivity index (χ2n) is 8.26. The van der Waals surface area contributed by atoms with Crippen LogP contribution < -0.4 is 10.2 Å². The van der Waals surface area contributed by atoms with Gasteiger partial charge in [0.2, 0.25) is 0 Å². The third-order valence-corrected chi connectivity index (χ3v) is 5.92. The number of carbonyl (C=O) groups excluding carboxylic acids is 2. The Bertz CT molecular complexity index is 1250. The predicted molar refractivity (Wildman–Crippen MR) is 126 cm³/mol. The van der Waals surface area contributed by atoms with Crippen molar-refractivity contribution < 1.29 is 9.59 Å². The zero-order valence-corrected chi connectivity index (χ0v) is 18.5. The van der Waals surface area contributed by atoms with Gasteiger partial charge >= 0.3 is 0 Å². The Labute approximate surface area is 183 Å². The Morgan fingerprint density at radius 3 is 2.00 bits per heavy atom. The average molecular weight is 411 g/mol. The van der Waals surface area contributed by atoms with Gasteiger partial charge in [-0.1, -0.05) is 36.4 Å². The number of nitrogens with one attached hydrogen (secondary N) is 1. The summed E-state index contributed by atoms with van der Waals surface area (Å²) in [6.07, 6.45) is 0. The first-order chi connectivity index (χ1) is 14.8. The Morgan fingerprint density at radius 2 is 1.35 bits per heavy atom. The van der Waals surface area contributed by atoms with Gasteiger partial charge in [0.1, 0.15) is 5.70 Å². The predicted octanol–water partition coefficient (Wildman–Crippen LogP) is 5.63. The summed E-state index contributed by atoms with van der Waals surface area (Å²) in [6.45, 7) is 10.0. The van der Waals surface area contributed by atoms with Crippen molar-refractivity contribution in [1.29, 1.82) is 0 Å². The fourth-order valence-electron chi connectivity index (χ4n) is 3.78. The van der Waals surface area contributed by atoms with E-state index in [0.29, 0.717) is 17.0 Å². The number of carbonyl (C=O) groups is 2. The molecule has 0 saturated carbocycles. The van der Waals surface area contributed by atoms with Crippen LogP contribution in [-0.2, 0) is 9.59 Å². The van der Waals surface area contributed by atoms with Crippen molar-refractivity contribution >= 4 is 28.8 Å². The minimum atomic E-state index is -0.344. The first-order valence-corrected chi connectivity index (χ1v) is 10.4. The van der Waals surface area contributed by atoms with Gasteiger partial charge in [0.05, 0.1) is 11.3 Å². The molecule has 1 heterocycles.